The molecule has 0 aromatic heterocycles. The molecule has 5 heteroatoms. The fourth-order valence-electron chi connectivity index (χ4n) is 2.33. The Balaban J connectivity index is 2.95. The number of methoxy groups -OCH3 is 1. The molecule has 0 radical (unpaired) electrons. The minimum Gasteiger partial charge on any atom is -0.434 e. The van der Waals surface area contributed by atoms with Crippen molar-refractivity contribution in [2.45, 2.75) is 39.3 Å². The first kappa shape index (κ1) is 17.9. The zero-order chi connectivity index (χ0) is 15.7. The van der Waals surface area contributed by atoms with Gasteiger partial charge in [0.05, 0.1) is 0 Å². The van der Waals surface area contributed by atoms with E-state index >= 15 is 0 Å². The third-order valence-corrected chi connectivity index (χ3v) is 3.43. The van der Waals surface area contributed by atoms with Crippen molar-refractivity contribution in [3.8, 4) is 5.75 Å². The van der Waals surface area contributed by atoms with Crippen LogP contribution in [-0.2, 0) is 4.74 Å². The summed E-state index contributed by atoms with van der Waals surface area (Å²) in [5.41, 5.74) is 0.773. The largest absolute Gasteiger partial charge is 0.434 e. The van der Waals surface area contributed by atoms with Crippen LogP contribution in [0.2, 0.25) is 0 Å². The van der Waals surface area contributed by atoms with Gasteiger partial charge in [-0.25, -0.2) is 0 Å². The molecule has 0 aliphatic rings. The molecular formula is C16H25F2NO2. The molecule has 0 heterocycles. The molecule has 0 saturated carbocycles. The molecule has 1 aromatic rings. The quantitative estimate of drug-likeness (QED) is 0.708. The Hall–Kier alpha value is -1.20. The predicted octanol–water partition coefficient (Wildman–Crippen LogP) is 4.00. The Labute approximate surface area is 125 Å². The molecular weight excluding hydrogens is 276 g/mol. The monoisotopic (exact) mass is 301 g/mol. The van der Waals surface area contributed by atoms with Crippen molar-refractivity contribution < 1.29 is 18.3 Å². The number of nitrogens with one attached hydrogen (secondary N) is 1. The van der Waals surface area contributed by atoms with Crippen LogP contribution in [0.4, 0.5) is 8.78 Å². The van der Waals surface area contributed by atoms with Gasteiger partial charge in [0.2, 0.25) is 0 Å². The van der Waals surface area contributed by atoms with E-state index in [0.717, 1.165) is 24.9 Å². The van der Waals surface area contributed by atoms with Gasteiger partial charge in [-0.15, -0.1) is 0 Å². The van der Waals surface area contributed by atoms with E-state index in [1.165, 1.54) is 0 Å². The summed E-state index contributed by atoms with van der Waals surface area (Å²) in [5, 5.41) is 3.43. The molecule has 2 unspecified atom stereocenters. The van der Waals surface area contributed by atoms with E-state index in [0.29, 0.717) is 6.61 Å². The average molecular weight is 301 g/mol. The maximum absolute atomic E-state index is 12.6. The molecule has 0 saturated heterocycles. The lowest BCUT2D eigenvalue weighted by molar-refractivity contribution is -0.0509. The zero-order valence-corrected chi connectivity index (χ0v) is 12.9. The number of alkyl halides is 2. The molecule has 0 aliphatic carbocycles. The molecule has 21 heavy (non-hydrogen) atoms. The smallest absolute Gasteiger partial charge is 0.387 e. The summed E-state index contributed by atoms with van der Waals surface area (Å²) >= 11 is 0. The summed E-state index contributed by atoms with van der Waals surface area (Å²) in [6.45, 7) is 2.82. The minimum atomic E-state index is -2.81. The van der Waals surface area contributed by atoms with Crippen molar-refractivity contribution in [2.75, 3.05) is 20.3 Å². The second kappa shape index (κ2) is 9.68. The van der Waals surface area contributed by atoms with Gasteiger partial charge in [0.15, 0.2) is 0 Å². The number of hydrogen-bond acceptors (Lipinski definition) is 3. The maximum atomic E-state index is 12.6. The molecule has 0 aliphatic heterocycles. The van der Waals surface area contributed by atoms with E-state index in [1.54, 1.807) is 19.2 Å². The van der Waals surface area contributed by atoms with Gasteiger partial charge < -0.3 is 14.8 Å². The van der Waals surface area contributed by atoms with Crippen LogP contribution in [0.3, 0.4) is 0 Å². The zero-order valence-electron chi connectivity index (χ0n) is 12.9. The third kappa shape index (κ3) is 5.98. The van der Waals surface area contributed by atoms with E-state index in [1.807, 2.05) is 12.1 Å². The van der Waals surface area contributed by atoms with Crippen LogP contribution in [-0.4, -0.2) is 26.9 Å². The Bertz CT molecular complexity index is 402. The predicted molar refractivity (Wildman–Crippen MR) is 79.8 cm³/mol. The average Bonchev–Trinajstić information content (AvgIpc) is 2.46. The number of halogens is 2. The van der Waals surface area contributed by atoms with Crippen molar-refractivity contribution in [1.82, 2.24) is 5.32 Å². The molecule has 1 rings (SSSR count). The van der Waals surface area contributed by atoms with E-state index < -0.39 is 6.61 Å². The Morgan fingerprint density at radius 1 is 1.24 bits per heavy atom. The highest BCUT2D eigenvalue weighted by Crippen LogP contribution is 2.32. The van der Waals surface area contributed by atoms with Crippen molar-refractivity contribution in [3.63, 3.8) is 0 Å². The Kier molecular flexibility index (Phi) is 8.23. The lowest BCUT2D eigenvalue weighted by Gasteiger charge is -2.27. The van der Waals surface area contributed by atoms with Gasteiger partial charge in [0, 0.05) is 25.3 Å². The van der Waals surface area contributed by atoms with Gasteiger partial charge >= 0.3 is 6.61 Å². The van der Waals surface area contributed by atoms with E-state index in [-0.39, 0.29) is 17.7 Å². The standard InChI is InChI=1S/C16H25F2NO2/c1-4-10-19-15(12(2)9-11-20-3)13-7-5-6-8-14(13)21-16(17)18/h5-8,12,15-16,19H,4,9-11H2,1-3H3. The summed E-state index contributed by atoms with van der Waals surface area (Å²) in [5.74, 6) is 0.490. The van der Waals surface area contributed by atoms with Crippen molar-refractivity contribution in [3.05, 3.63) is 29.8 Å². The fourth-order valence-corrected chi connectivity index (χ4v) is 2.33. The SMILES string of the molecule is CCCNC(c1ccccc1OC(F)F)C(C)CCOC. The first-order chi connectivity index (χ1) is 10.1. The summed E-state index contributed by atoms with van der Waals surface area (Å²) in [6.07, 6.45) is 1.83. The second-order valence-electron chi connectivity index (χ2n) is 5.11. The topological polar surface area (TPSA) is 30.5 Å². The fraction of sp³-hybridized carbons (Fsp3) is 0.625. The highest BCUT2D eigenvalue weighted by atomic mass is 19.3. The molecule has 0 fully saturated rings. The second-order valence-corrected chi connectivity index (χ2v) is 5.11. The van der Waals surface area contributed by atoms with Gasteiger partial charge in [-0.2, -0.15) is 8.78 Å². The molecule has 120 valence electrons. The minimum absolute atomic E-state index is 0.0324. The summed E-state index contributed by atoms with van der Waals surface area (Å²) in [7, 11) is 1.66. The summed E-state index contributed by atoms with van der Waals surface area (Å²) in [4.78, 5) is 0. The third-order valence-electron chi connectivity index (χ3n) is 3.43. The number of rotatable bonds is 10. The van der Waals surface area contributed by atoms with Crippen LogP contribution < -0.4 is 10.1 Å². The normalized spacial score (nSPS) is 14.2. The van der Waals surface area contributed by atoms with Crippen LogP contribution in [0.25, 0.3) is 0 Å². The van der Waals surface area contributed by atoms with E-state index in [9.17, 15) is 8.78 Å². The lowest BCUT2D eigenvalue weighted by Crippen LogP contribution is -2.29. The maximum Gasteiger partial charge on any atom is 0.387 e. The van der Waals surface area contributed by atoms with Gasteiger partial charge in [-0.05, 0) is 31.4 Å². The Morgan fingerprint density at radius 2 is 1.95 bits per heavy atom. The number of para-hydroxylation sites is 1. The summed E-state index contributed by atoms with van der Waals surface area (Å²) in [6, 6.07) is 6.95. The van der Waals surface area contributed by atoms with Crippen LogP contribution in [0, 0.1) is 5.92 Å². The molecule has 3 nitrogen and oxygen atoms in total. The first-order valence-corrected chi connectivity index (χ1v) is 7.36. The molecule has 0 amide bonds. The lowest BCUT2D eigenvalue weighted by atomic mass is 9.91. The Morgan fingerprint density at radius 3 is 2.57 bits per heavy atom. The summed E-state index contributed by atoms with van der Waals surface area (Å²) < 4.78 is 34.9. The van der Waals surface area contributed by atoms with Crippen LogP contribution >= 0.6 is 0 Å². The van der Waals surface area contributed by atoms with E-state index in [4.69, 9.17) is 4.74 Å². The highest BCUT2D eigenvalue weighted by Gasteiger charge is 2.22. The van der Waals surface area contributed by atoms with Crippen LogP contribution in [0.1, 0.15) is 38.3 Å². The highest BCUT2D eigenvalue weighted by molar-refractivity contribution is 5.36. The van der Waals surface area contributed by atoms with Gasteiger partial charge in [-0.1, -0.05) is 32.0 Å². The molecule has 0 spiro atoms. The van der Waals surface area contributed by atoms with Crippen LogP contribution in [0.15, 0.2) is 24.3 Å². The molecule has 0 bridgehead atoms. The number of ether oxygens (including phenoxy) is 2. The van der Waals surface area contributed by atoms with Gasteiger partial charge in [-0.3, -0.25) is 0 Å². The number of benzene rings is 1. The first-order valence-electron chi connectivity index (χ1n) is 7.36. The van der Waals surface area contributed by atoms with Gasteiger partial charge in [0.25, 0.3) is 0 Å². The molecule has 1 aromatic carbocycles. The van der Waals surface area contributed by atoms with Crippen LogP contribution in [0.5, 0.6) is 5.75 Å². The molecule has 2 atom stereocenters. The van der Waals surface area contributed by atoms with Crippen molar-refractivity contribution in [2.24, 2.45) is 5.92 Å². The molecule has 1 N–H and O–H groups in total. The van der Waals surface area contributed by atoms with Crippen molar-refractivity contribution in [1.29, 1.82) is 0 Å². The van der Waals surface area contributed by atoms with Crippen molar-refractivity contribution >= 4 is 0 Å². The number of hydrogen-bond donors (Lipinski definition) is 1. The van der Waals surface area contributed by atoms with Gasteiger partial charge in [0.1, 0.15) is 5.75 Å². The van der Waals surface area contributed by atoms with E-state index in [2.05, 4.69) is 23.9 Å².